The van der Waals surface area contributed by atoms with Crippen molar-refractivity contribution in [2.75, 3.05) is 13.1 Å². The lowest BCUT2D eigenvalue weighted by Crippen LogP contribution is -2.10. The smallest absolute Gasteiger partial charge is 0.336 e. The summed E-state index contributed by atoms with van der Waals surface area (Å²) >= 11 is 0. The van der Waals surface area contributed by atoms with Gasteiger partial charge in [0.15, 0.2) is 0 Å². The predicted octanol–water partition coefficient (Wildman–Crippen LogP) is 1.66. The summed E-state index contributed by atoms with van der Waals surface area (Å²) in [5.74, 6) is -2.46. The first kappa shape index (κ1) is 17.8. The third kappa shape index (κ3) is 8.21. The van der Waals surface area contributed by atoms with Gasteiger partial charge in [0.05, 0.1) is 11.1 Å². The van der Waals surface area contributed by atoms with Gasteiger partial charge in [-0.15, -0.1) is 0 Å². The van der Waals surface area contributed by atoms with Crippen molar-refractivity contribution in [3.8, 4) is 0 Å². The molecule has 0 amide bonds. The van der Waals surface area contributed by atoms with Crippen LogP contribution in [0.4, 0.5) is 0 Å². The van der Waals surface area contributed by atoms with Crippen molar-refractivity contribution in [1.82, 2.24) is 5.32 Å². The maximum atomic E-state index is 10.5. The second-order valence-corrected chi connectivity index (χ2v) is 2.97. The number of carboxylic acid groups (broad SMARTS) is 2. The zero-order valence-electron chi connectivity index (χ0n) is 10.8. The van der Waals surface area contributed by atoms with Gasteiger partial charge in [-0.3, -0.25) is 0 Å². The monoisotopic (exact) mass is 243 g/mol. The van der Waals surface area contributed by atoms with Crippen LogP contribution in [-0.4, -0.2) is 35.2 Å². The quantitative estimate of drug-likeness (QED) is 0.505. The minimum atomic E-state index is -1.23. The van der Waals surface area contributed by atoms with Gasteiger partial charge in [0, 0.05) is 0 Å². The second kappa shape index (κ2) is 10.9. The lowest BCUT2D eigenvalue weighted by Gasteiger charge is -2.00. The standard InChI is InChI=1S/C8H10O4.C4H11N/c1-3-5(7(9)10)6(4-2)8(11)12;1-3-5-4-2/h3-4H,1-2H3,(H,9,10)(H,11,12);5H,3-4H2,1-2H3. The fourth-order valence-electron chi connectivity index (χ4n) is 1.04. The summed E-state index contributed by atoms with van der Waals surface area (Å²) in [5.41, 5.74) is -0.380. The molecule has 17 heavy (non-hydrogen) atoms. The van der Waals surface area contributed by atoms with E-state index in [1.54, 1.807) is 0 Å². The molecule has 0 aromatic rings. The van der Waals surface area contributed by atoms with Gasteiger partial charge in [-0.05, 0) is 26.9 Å². The summed E-state index contributed by atoms with van der Waals surface area (Å²) in [6, 6.07) is 0. The molecule has 98 valence electrons. The molecule has 0 spiro atoms. The molecule has 0 bridgehead atoms. The van der Waals surface area contributed by atoms with E-state index >= 15 is 0 Å². The van der Waals surface area contributed by atoms with Crippen LogP contribution in [0, 0.1) is 0 Å². The Kier molecular flexibility index (Phi) is 11.4. The summed E-state index contributed by atoms with van der Waals surface area (Å²) < 4.78 is 0. The summed E-state index contributed by atoms with van der Waals surface area (Å²) in [4.78, 5) is 20.9. The zero-order chi connectivity index (χ0) is 13.8. The topological polar surface area (TPSA) is 86.6 Å². The van der Waals surface area contributed by atoms with Gasteiger partial charge in [-0.25, -0.2) is 9.59 Å². The number of hydrogen-bond acceptors (Lipinski definition) is 3. The fraction of sp³-hybridized carbons (Fsp3) is 0.500. The summed E-state index contributed by atoms with van der Waals surface area (Å²) in [6.07, 6.45) is 2.51. The van der Waals surface area contributed by atoms with Crippen molar-refractivity contribution in [3.05, 3.63) is 23.3 Å². The average molecular weight is 243 g/mol. The van der Waals surface area contributed by atoms with Crippen molar-refractivity contribution in [2.24, 2.45) is 0 Å². The maximum Gasteiger partial charge on any atom is 0.336 e. The molecular formula is C12H21NO4. The van der Waals surface area contributed by atoms with Crippen LogP contribution < -0.4 is 5.32 Å². The van der Waals surface area contributed by atoms with E-state index in [-0.39, 0.29) is 11.1 Å². The fourth-order valence-corrected chi connectivity index (χ4v) is 1.04. The van der Waals surface area contributed by atoms with Crippen LogP contribution >= 0.6 is 0 Å². The van der Waals surface area contributed by atoms with Gasteiger partial charge in [0.2, 0.25) is 0 Å². The molecular weight excluding hydrogens is 222 g/mol. The highest BCUT2D eigenvalue weighted by Crippen LogP contribution is 2.09. The number of carbonyl (C=O) groups is 2. The molecule has 0 aliphatic rings. The molecule has 0 saturated heterocycles. The summed E-state index contributed by atoms with van der Waals surface area (Å²) in [7, 11) is 0. The van der Waals surface area contributed by atoms with Crippen LogP contribution in [0.1, 0.15) is 27.7 Å². The molecule has 0 heterocycles. The molecule has 0 atom stereocenters. The molecule has 5 heteroatoms. The first-order valence-corrected chi connectivity index (χ1v) is 5.46. The lowest BCUT2D eigenvalue weighted by molar-refractivity contribution is -0.136. The number of allylic oxidation sites excluding steroid dienone is 2. The van der Waals surface area contributed by atoms with E-state index in [0.717, 1.165) is 13.1 Å². The van der Waals surface area contributed by atoms with Crippen LogP contribution in [0.5, 0.6) is 0 Å². The number of aliphatic carboxylic acids is 2. The Hall–Kier alpha value is -1.62. The van der Waals surface area contributed by atoms with E-state index in [2.05, 4.69) is 19.2 Å². The van der Waals surface area contributed by atoms with Gasteiger partial charge in [0.1, 0.15) is 0 Å². The Morgan fingerprint density at radius 2 is 1.24 bits per heavy atom. The summed E-state index contributed by atoms with van der Waals surface area (Å²) in [6.45, 7) is 9.35. The highest BCUT2D eigenvalue weighted by molar-refractivity contribution is 6.05. The molecule has 0 saturated carbocycles. The molecule has 0 aromatic heterocycles. The van der Waals surface area contributed by atoms with Crippen LogP contribution in [-0.2, 0) is 9.59 Å². The molecule has 0 aliphatic heterocycles. The third-order valence-corrected chi connectivity index (χ3v) is 1.83. The van der Waals surface area contributed by atoms with E-state index in [9.17, 15) is 9.59 Å². The lowest BCUT2D eigenvalue weighted by atomic mass is 10.1. The molecule has 0 rings (SSSR count). The van der Waals surface area contributed by atoms with Gasteiger partial charge in [-0.2, -0.15) is 0 Å². The highest BCUT2D eigenvalue weighted by Gasteiger charge is 2.16. The minimum absolute atomic E-state index is 0.190. The summed E-state index contributed by atoms with van der Waals surface area (Å²) in [5, 5.41) is 20.2. The van der Waals surface area contributed by atoms with Crippen LogP contribution in [0.25, 0.3) is 0 Å². The number of carboxylic acids is 2. The van der Waals surface area contributed by atoms with Gasteiger partial charge >= 0.3 is 11.9 Å². The minimum Gasteiger partial charge on any atom is -0.478 e. The van der Waals surface area contributed by atoms with Crippen molar-refractivity contribution < 1.29 is 19.8 Å². The van der Waals surface area contributed by atoms with Gasteiger partial charge in [-0.1, -0.05) is 26.0 Å². The Balaban J connectivity index is 0. The molecule has 0 fully saturated rings. The van der Waals surface area contributed by atoms with Crippen molar-refractivity contribution in [1.29, 1.82) is 0 Å². The second-order valence-electron chi connectivity index (χ2n) is 2.97. The number of nitrogens with one attached hydrogen (secondary N) is 1. The molecule has 0 radical (unpaired) electrons. The Morgan fingerprint density at radius 1 is 0.941 bits per heavy atom. The van der Waals surface area contributed by atoms with E-state index in [4.69, 9.17) is 10.2 Å². The Morgan fingerprint density at radius 3 is 1.29 bits per heavy atom. The largest absolute Gasteiger partial charge is 0.478 e. The highest BCUT2D eigenvalue weighted by atomic mass is 16.4. The maximum absolute atomic E-state index is 10.5. The zero-order valence-corrected chi connectivity index (χ0v) is 10.8. The molecule has 5 nitrogen and oxygen atoms in total. The number of hydrogen-bond donors (Lipinski definition) is 3. The molecule has 3 N–H and O–H groups in total. The third-order valence-electron chi connectivity index (χ3n) is 1.83. The van der Waals surface area contributed by atoms with Gasteiger partial charge in [0.25, 0.3) is 0 Å². The van der Waals surface area contributed by atoms with Crippen molar-refractivity contribution in [2.45, 2.75) is 27.7 Å². The van der Waals surface area contributed by atoms with Crippen molar-refractivity contribution >= 4 is 11.9 Å². The van der Waals surface area contributed by atoms with Gasteiger partial charge < -0.3 is 15.5 Å². The first-order valence-electron chi connectivity index (χ1n) is 5.46. The van der Waals surface area contributed by atoms with Crippen molar-refractivity contribution in [3.63, 3.8) is 0 Å². The SMILES string of the molecule is CC=C(C(=O)O)C(=CC)C(=O)O.CCNCC. The van der Waals surface area contributed by atoms with Crippen LogP contribution in [0.15, 0.2) is 23.3 Å². The molecule has 0 unspecified atom stereocenters. The number of rotatable bonds is 5. The molecule has 0 aliphatic carbocycles. The Bertz CT molecular complexity index is 276. The average Bonchev–Trinajstić information content (AvgIpc) is 2.26. The normalized spacial score (nSPS) is 11.5. The van der Waals surface area contributed by atoms with E-state index in [0.29, 0.717) is 0 Å². The Labute approximate surface area is 102 Å². The van der Waals surface area contributed by atoms with Crippen LogP contribution in [0.3, 0.4) is 0 Å². The van der Waals surface area contributed by atoms with E-state index < -0.39 is 11.9 Å². The van der Waals surface area contributed by atoms with E-state index in [1.807, 2.05) is 0 Å². The van der Waals surface area contributed by atoms with E-state index in [1.165, 1.54) is 26.0 Å². The first-order chi connectivity index (χ1) is 7.95. The molecule has 0 aromatic carbocycles. The predicted molar refractivity (Wildman–Crippen MR) is 67.0 cm³/mol. The van der Waals surface area contributed by atoms with Crippen LogP contribution in [0.2, 0.25) is 0 Å².